The Morgan fingerprint density at radius 3 is 2.26 bits per heavy atom. The monoisotopic (exact) mass is 436 g/mol. The summed E-state index contributed by atoms with van der Waals surface area (Å²) in [6, 6.07) is 14.3. The molecule has 6 nitrogen and oxygen atoms in total. The number of thiophene rings is 1. The van der Waals surface area contributed by atoms with Gasteiger partial charge in [0.1, 0.15) is 11.5 Å². The first-order valence-corrected chi connectivity index (χ1v) is 10.8. The summed E-state index contributed by atoms with van der Waals surface area (Å²) in [6.07, 6.45) is 1.71. The van der Waals surface area contributed by atoms with Crippen molar-refractivity contribution in [2.45, 2.75) is 12.8 Å². The summed E-state index contributed by atoms with van der Waals surface area (Å²) < 4.78 is 16.3. The summed E-state index contributed by atoms with van der Waals surface area (Å²) in [7, 11) is 4.85. The normalized spacial score (nSPS) is 13.0. The summed E-state index contributed by atoms with van der Waals surface area (Å²) >= 11 is 1.52. The standard InChI is InChI=1S/C24H24N2O4S/c1-28-19-12-16(13-20(29-2)23(19)30-3)5-4-15-6-8-17(9-7-15)22-18-10-11-31-24(18)26-21(27)14-25-22/h6-13H,4-5,14H2,1-3H3,(H,26,27). The second kappa shape index (κ2) is 9.22. The molecule has 0 aliphatic carbocycles. The summed E-state index contributed by atoms with van der Waals surface area (Å²) in [5.41, 5.74) is 5.16. The lowest BCUT2D eigenvalue weighted by Gasteiger charge is -2.14. The molecule has 0 fully saturated rings. The van der Waals surface area contributed by atoms with Gasteiger partial charge in [-0.05, 0) is 47.5 Å². The highest BCUT2D eigenvalue weighted by Gasteiger charge is 2.19. The Balaban J connectivity index is 1.51. The van der Waals surface area contributed by atoms with Gasteiger partial charge in [-0.1, -0.05) is 24.3 Å². The molecule has 1 aromatic heterocycles. The van der Waals surface area contributed by atoms with Crippen molar-refractivity contribution in [3.05, 3.63) is 70.1 Å². The predicted octanol–water partition coefficient (Wildman–Crippen LogP) is 4.35. The molecule has 2 heterocycles. The number of aliphatic imine (C=N–C) groups is 1. The number of nitrogens with one attached hydrogen (secondary N) is 1. The molecule has 160 valence electrons. The van der Waals surface area contributed by atoms with Crippen molar-refractivity contribution in [3.8, 4) is 17.2 Å². The van der Waals surface area contributed by atoms with Gasteiger partial charge in [-0.2, -0.15) is 0 Å². The van der Waals surface area contributed by atoms with E-state index in [1.165, 1.54) is 16.9 Å². The lowest BCUT2D eigenvalue weighted by atomic mass is 9.99. The maximum Gasteiger partial charge on any atom is 0.246 e. The molecule has 3 aromatic rings. The third kappa shape index (κ3) is 4.41. The van der Waals surface area contributed by atoms with Crippen LogP contribution in [0.15, 0.2) is 52.8 Å². The Hall–Kier alpha value is -3.32. The lowest BCUT2D eigenvalue weighted by Crippen LogP contribution is -2.12. The fourth-order valence-electron chi connectivity index (χ4n) is 3.64. The Bertz CT molecular complexity index is 1090. The summed E-state index contributed by atoms with van der Waals surface area (Å²) in [4.78, 5) is 16.4. The van der Waals surface area contributed by atoms with Crippen LogP contribution in [0.2, 0.25) is 0 Å². The first-order valence-electron chi connectivity index (χ1n) is 9.93. The zero-order valence-electron chi connectivity index (χ0n) is 17.7. The molecular formula is C24H24N2O4S. The molecule has 0 saturated heterocycles. The van der Waals surface area contributed by atoms with E-state index in [0.29, 0.717) is 17.2 Å². The van der Waals surface area contributed by atoms with Gasteiger partial charge < -0.3 is 19.5 Å². The highest BCUT2D eigenvalue weighted by atomic mass is 32.1. The predicted molar refractivity (Wildman–Crippen MR) is 123 cm³/mol. The van der Waals surface area contributed by atoms with Gasteiger partial charge in [0.05, 0.1) is 27.0 Å². The molecule has 0 atom stereocenters. The maximum atomic E-state index is 11.9. The van der Waals surface area contributed by atoms with Crippen LogP contribution in [0.4, 0.5) is 5.00 Å². The highest BCUT2D eigenvalue weighted by molar-refractivity contribution is 7.14. The molecule has 0 spiro atoms. The number of ether oxygens (including phenoxy) is 3. The molecule has 2 aromatic carbocycles. The average molecular weight is 437 g/mol. The third-order valence-electron chi connectivity index (χ3n) is 5.21. The van der Waals surface area contributed by atoms with E-state index in [4.69, 9.17) is 14.2 Å². The first kappa shape index (κ1) is 20.9. The van der Waals surface area contributed by atoms with Crippen LogP contribution in [0.5, 0.6) is 17.2 Å². The number of amides is 1. The number of aryl methyl sites for hydroxylation is 2. The van der Waals surface area contributed by atoms with Gasteiger partial charge in [-0.3, -0.25) is 9.79 Å². The molecule has 1 aliphatic heterocycles. The molecule has 4 rings (SSSR count). The van der Waals surface area contributed by atoms with Crippen LogP contribution in [-0.4, -0.2) is 39.5 Å². The molecule has 1 amide bonds. The van der Waals surface area contributed by atoms with Crippen LogP contribution < -0.4 is 19.5 Å². The SMILES string of the molecule is COc1cc(CCc2ccc(C3=NCC(=O)Nc4sccc43)cc2)cc(OC)c1OC. The van der Waals surface area contributed by atoms with Gasteiger partial charge in [0, 0.05) is 11.1 Å². The van der Waals surface area contributed by atoms with Gasteiger partial charge in [-0.15, -0.1) is 11.3 Å². The van der Waals surface area contributed by atoms with E-state index in [9.17, 15) is 4.79 Å². The van der Waals surface area contributed by atoms with E-state index in [0.717, 1.165) is 40.2 Å². The Kier molecular flexibility index (Phi) is 6.23. The molecule has 0 saturated carbocycles. The Morgan fingerprint density at radius 1 is 0.935 bits per heavy atom. The Labute approximate surface area is 185 Å². The van der Waals surface area contributed by atoms with E-state index >= 15 is 0 Å². The number of anilines is 1. The van der Waals surface area contributed by atoms with Crippen LogP contribution in [-0.2, 0) is 17.6 Å². The van der Waals surface area contributed by atoms with Crippen molar-refractivity contribution in [2.75, 3.05) is 33.2 Å². The smallest absolute Gasteiger partial charge is 0.246 e. The van der Waals surface area contributed by atoms with Crippen LogP contribution in [0.3, 0.4) is 0 Å². The number of methoxy groups -OCH3 is 3. The Morgan fingerprint density at radius 2 is 1.61 bits per heavy atom. The topological polar surface area (TPSA) is 69.2 Å². The molecule has 0 unspecified atom stereocenters. The minimum absolute atomic E-state index is 0.0827. The lowest BCUT2D eigenvalue weighted by molar-refractivity contribution is -0.114. The van der Waals surface area contributed by atoms with Crippen LogP contribution in [0.1, 0.15) is 22.3 Å². The summed E-state index contributed by atoms with van der Waals surface area (Å²) in [5, 5.41) is 5.74. The number of hydrogen-bond donors (Lipinski definition) is 1. The third-order valence-corrected chi connectivity index (χ3v) is 6.04. The number of hydrogen-bond acceptors (Lipinski definition) is 6. The van der Waals surface area contributed by atoms with Crippen LogP contribution in [0.25, 0.3) is 0 Å². The maximum absolute atomic E-state index is 11.9. The quantitative estimate of drug-likeness (QED) is 0.598. The van der Waals surface area contributed by atoms with Gasteiger partial charge in [0.25, 0.3) is 0 Å². The minimum atomic E-state index is -0.0827. The number of benzene rings is 2. The second-order valence-electron chi connectivity index (χ2n) is 7.11. The summed E-state index contributed by atoms with van der Waals surface area (Å²) in [5.74, 6) is 1.84. The summed E-state index contributed by atoms with van der Waals surface area (Å²) in [6.45, 7) is 0.139. The van der Waals surface area contributed by atoms with Crippen molar-refractivity contribution in [1.82, 2.24) is 0 Å². The van der Waals surface area contributed by atoms with E-state index in [2.05, 4.69) is 34.6 Å². The van der Waals surface area contributed by atoms with E-state index < -0.39 is 0 Å². The number of rotatable bonds is 7. The van der Waals surface area contributed by atoms with Gasteiger partial charge in [0.2, 0.25) is 11.7 Å². The van der Waals surface area contributed by atoms with E-state index in [1.807, 2.05) is 23.6 Å². The molecular weight excluding hydrogens is 412 g/mol. The van der Waals surface area contributed by atoms with E-state index in [-0.39, 0.29) is 12.5 Å². The second-order valence-corrected chi connectivity index (χ2v) is 8.02. The van der Waals surface area contributed by atoms with Crippen LogP contribution >= 0.6 is 11.3 Å². The van der Waals surface area contributed by atoms with Gasteiger partial charge >= 0.3 is 0 Å². The van der Waals surface area contributed by atoms with Gasteiger partial charge in [0.15, 0.2) is 11.5 Å². The van der Waals surface area contributed by atoms with E-state index in [1.54, 1.807) is 21.3 Å². The van der Waals surface area contributed by atoms with Crippen molar-refractivity contribution in [2.24, 2.45) is 4.99 Å². The first-order chi connectivity index (χ1) is 15.1. The largest absolute Gasteiger partial charge is 0.493 e. The molecule has 31 heavy (non-hydrogen) atoms. The van der Waals surface area contributed by atoms with Crippen LogP contribution in [0, 0.1) is 0 Å². The van der Waals surface area contributed by atoms with Crippen molar-refractivity contribution < 1.29 is 19.0 Å². The molecule has 0 radical (unpaired) electrons. The molecule has 1 aliphatic rings. The number of nitrogens with zero attached hydrogens (tertiary/aromatic N) is 1. The average Bonchev–Trinajstić information content (AvgIpc) is 3.18. The highest BCUT2D eigenvalue weighted by Crippen LogP contribution is 2.38. The minimum Gasteiger partial charge on any atom is -0.493 e. The molecule has 7 heteroatoms. The fourth-order valence-corrected chi connectivity index (χ4v) is 4.44. The fraction of sp³-hybridized carbons (Fsp3) is 0.250. The number of carbonyl (C=O) groups is 1. The molecule has 1 N–H and O–H groups in total. The molecule has 0 bridgehead atoms. The number of carbonyl (C=O) groups excluding carboxylic acids is 1. The van der Waals surface area contributed by atoms with Crippen molar-refractivity contribution in [3.63, 3.8) is 0 Å². The zero-order chi connectivity index (χ0) is 21.8. The van der Waals surface area contributed by atoms with Crippen molar-refractivity contribution >= 4 is 28.0 Å². The van der Waals surface area contributed by atoms with Crippen molar-refractivity contribution in [1.29, 1.82) is 0 Å². The number of fused-ring (bicyclic) bond motifs is 1. The zero-order valence-corrected chi connectivity index (χ0v) is 18.5. The van der Waals surface area contributed by atoms with Gasteiger partial charge in [-0.25, -0.2) is 0 Å².